The molecule has 0 saturated carbocycles. The average Bonchev–Trinajstić information content (AvgIpc) is 2.33. The fourth-order valence-electron chi connectivity index (χ4n) is 2.90. The van der Waals surface area contributed by atoms with Crippen LogP contribution >= 0.6 is 40.7 Å². The number of rotatable bonds is 2. The Labute approximate surface area is 148 Å². The van der Waals surface area contributed by atoms with E-state index < -0.39 is 0 Å². The number of hydrogen-bond acceptors (Lipinski definition) is 3. The lowest BCUT2D eigenvalue weighted by atomic mass is 9.80. The molecule has 6 heteroatoms. The SMILES string of the molecule is CC(C)(C)[C@@H](c1cc(Br)ccc1O)N1CCNCC1.Cl.Cl. The van der Waals surface area contributed by atoms with Crippen molar-refractivity contribution in [2.24, 2.45) is 5.41 Å². The second-order valence-electron chi connectivity index (χ2n) is 6.26. The first-order valence-electron chi connectivity index (χ1n) is 6.83. The molecular weight excluding hydrogens is 375 g/mol. The monoisotopic (exact) mass is 398 g/mol. The highest BCUT2D eigenvalue weighted by atomic mass is 79.9. The van der Waals surface area contributed by atoms with Crippen LogP contribution in [0.1, 0.15) is 32.4 Å². The summed E-state index contributed by atoms with van der Waals surface area (Å²) in [5.74, 6) is 0.390. The van der Waals surface area contributed by atoms with Crippen molar-refractivity contribution in [3.8, 4) is 5.75 Å². The minimum atomic E-state index is 0. The Morgan fingerprint density at radius 3 is 2.29 bits per heavy atom. The third-order valence-electron chi connectivity index (χ3n) is 3.62. The molecule has 1 atom stereocenters. The summed E-state index contributed by atoms with van der Waals surface area (Å²) in [6, 6.07) is 5.94. The normalized spacial score (nSPS) is 17.5. The van der Waals surface area contributed by atoms with Crippen LogP contribution < -0.4 is 5.32 Å². The maximum Gasteiger partial charge on any atom is 0.120 e. The van der Waals surface area contributed by atoms with Crippen molar-refractivity contribution < 1.29 is 5.11 Å². The van der Waals surface area contributed by atoms with Gasteiger partial charge in [-0.05, 0) is 23.6 Å². The van der Waals surface area contributed by atoms with E-state index in [0.29, 0.717) is 5.75 Å². The zero-order valence-electron chi connectivity index (χ0n) is 12.7. The number of phenols is 1. The van der Waals surface area contributed by atoms with Gasteiger partial charge in [0.25, 0.3) is 0 Å². The van der Waals surface area contributed by atoms with Crippen molar-refractivity contribution in [2.45, 2.75) is 26.8 Å². The molecule has 122 valence electrons. The number of nitrogens with one attached hydrogen (secondary N) is 1. The Morgan fingerprint density at radius 1 is 1.19 bits per heavy atom. The van der Waals surface area contributed by atoms with Crippen molar-refractivity contribution in [2.75, 3.05) is 26.2 Å². The molecule has 1 aliphatic rings. The van der Waals surface area contributed by atoms with Crippen LogP contribution in [0.5, 0.6) is 5.75 Å². The third-order valence-corrected chi connectivity index (χ3v) is 4.11. The molecule has 0 unspecified atom stereocenters. The number of piperazine rings is 1. The Bertz CT molecular complexity index is 446. The standard InChI is InChI=1S/C15H23BrN2O.2ClH/c1-15(2,3)14(18-8-6-17-7-9-18)12-10-11(16)4-5-13(12)19;;/h4-5,10,14,17,19H,6-9H2,1-3H3;2*1H/t14-;;/m1../s1. The highest BCUT2D eigenvalue weighted by Crippen LogP contribution is 2.42. The van der Waals surface area contributed by atoms with E-state index >= 15 is 0 Å². The summed E-state index contributed by atoms with van der Waals surface area (Å²) in [6.45, 7) is 10.8. The van der Waals surface area contributed by atoms with Crippen LogP contribution in [-0.2, 0) is 0 Å². The number of phenolic OH excluding ortho intramolecular Hbond substituents is 1. The fraction of sp³-hybridized carbons (Fsp3) is 0.600. The predicted molar refractivity (Wildman–Crippen MR) is 96.9 cm³/mol. The Kier molecular flexibility index (Phi) is 8.59. The molecule has 1 heterocycles. The molecule has 1 saturated heterocycles. The first kappa shape index (κ1) is 21.0. The average molecular weight is 400 g/mol. The van der Waals surface area contributed by atoms with Crippen molar-refractivity contribution in [1.29, 1.82) is 0 Å². The number of aromatic hydroxyl groups is 1. The summed E-state index contributed by atoms with van der Waals surface area (Å²) in [7, 11) is 0. The van der Waals surface area contributed by atoms with Gasteiger partial charge in [-0.2, -0.15) is 0 Å². The molecule has 0 radical (unpaired) electrons. The molecule has 0 aliphatic carbocycles. The van der Waals surface area contributed by atoms with Gasteiger partial charge in [-0.15, -0.1) is 24.8 Å². The van der Waals surface area contributed by atoms with Gasteiger partial charge < -0.3 is 10.4 Å². The third kappa shape index (κ3) is 5.29. The van der Waals surface area contributed by atoms with Gasteiger partial charge >= 0.3 is 0 Å². The molecule has 0 amide bonds. The first-order chi connectivity index (χ1) is 8.89. The molecule has 0 spiro atoms. The molecule has 0 aromatic heterocycles. The smallest absolute Gasteiger partial charge is 0.120 e. The Hall–Kier alpha value is -0.000000000000000111. The van der Waals surface area contributed by atoms with Gasteiger partial charge in [-0.25, -0.2) is 0 Å². The number of hydrogen-bond donors (Lipinski definition) is 2. The van der Waals surface area contributed by atoms with E-state index in [1.54, 1.807) is 6.07 Å². The van der Waals surface area contributed by atoms with Crippen LogP contribution in [0, 0.1) is 5.41 Å². The molecule has 2 rings (SSSR count). The lowest BCUT2D eigenvalue weighted by molar-refractivity contribution is 0.0842. The van der Waals surface area contributed by atoms with Gasteiger partial charge in [-0.1, -0.05) is 36.7 Å². The second-order valence-corrected chi connectivity index (χ2v) is 7.17. The summed E-state index contributed by atoms with van der Waals surface area (Å²) in [6.07, 6.45) is 0. The summed E-state index contributed by atoms with van der Waals surface area (Å²) >= 11 is 3.51. The van der Waals surface area contributed by atoms with Crippen molar-refractivity contribution in [3.63, 3.8) is 0 Å². The van der Waals surface area contributed by atoms with Gasteiger partial charge in [0.05, 0.1) is 0 Å². The topological polar surface area (TPSA) is 35.5 Å². The second kappa shape index (κ2) is 8.59. The van der Waals surface area contributed by atoms with Crippen molar-refractivity contribution >= 4 is 40.7 Å². The largest absolute Gasteiger partial charge is 0.508 e. The molecule has 1 aromatic rings. The molecule has 21 heavy (non-hydrogen) atoms. The van der Waals surface area contributed by atoms with Crippen LogP contribution in [0.4, 0.5) is 0 Å². The van der Waals surface area contributed by atoms with E-state index in [9.17, 15) is 5.11 Å². The van der Waals surface area contributed by atoms with Crippen LogP contribution in [0.3, 0.4) is 0 Å². The summed E-state index contributed by atoms with van der Waals surface area (Å²) in [5.41, 5.74) is 1.10. The van der Waals surface area contributed by atoms with E-state index in [1.807, 2.05) is 12.1 Å². The zero-order valence-corrected chi connectivity index (χ0v) is 15.9. The van der Waals surface area contributed by atoms with E-state index in [-0.39, 0.29) is 36.3 Å². The maximum absolute atomic E-state index is 10.2. The Balaban J connectivity index is 0.00000200. The molecule has 3 nitrogen and oxygen atoms in total. The van der Waals surface area contributed by atoms with Crippen molar-refractivity contribution in [1.82, 2.24) is 10.2 Å². The molecule has 1 aliphatic heterocycles. The number of halogens is 3. The van der Waals surface area contributed by atoms with Crippen molar-refractivity contribution in [3.05, 3.63) is 28.2 Å². The van der Waals surface area contributed by atoms with Gasteiger partial charge in [0.2, 0.25) is 0 Å². The summed E-state index contributed by atoms with van der Waals surface area (Å²) in [4.78, 5) is 2.47. The molecule has 0 bridgehead atoms. The fourth-order valence-corrected chi connectivity index (χ4v) is 3.27. The van der Waals surface area contributed by atoms with E-state index in [0.717, 1.165) is 36.2 Å². The first-order valence-corrected chi connectivity index (χ1v) is 7.62. The summed E-state index contributed by atoms with van der Waals surface area (Å²) < 4.78 is 1.02. The van der Waals surface area contributed by atoms with E-state index in [4.69, 9.17) is 0 Å². The quantitative estimate of drug-likeness (QED) is 0.788. The lowest BCUT2D eigenvalue weighted by Gasteiger charge is -2.42. The predicted octanol–water partition coefficient (Wildman–Crippen LogP) is 3.99. The van der Waals surface area contributed by atoms with E-state index in [1.165, 1.54) is 0 Å². The highest BCUT2D eigenvalue weighted by molar-refractivity contribution is 9.10. The van der Waals surface area contributed by atoms with Crippen LogP contribution in [0.25, 0.3) is 0 Å². The molecule has 1 aromatic carbocycles. The van der Waals surface area contributed by atoms with E-state index in [2.05, 4.69) is 46.9 Å². The van der Waals surface area contributed by atoms with Crippen LogP contribution in [0.15, 0.2) is 22.7 Å². The highest BCUT2D eigenvalue weighted by Gasteiger charge is 2.34. The van der Waals surface area contributed by atoms with Gasteiger partial charge in [0, 0.05) is 42.3 Å². The van der Waals surface area contributed by atoms with Gasteiger partial charge in [0.15, 0.2) is 0 Å². The minimum Gasteiger partial charge on any atom is -0.508 e. The molecule has 2 N–H and O–H groups in total. The van der Waals surface area contributed by atoms with Gasteiger partial charge in [0.1, 0.15) is 5.75 Å². The molecular formula is C15H25BrCl2N2O. The number of benzene rings is 1. The molecule has 1 fully saturated rings. The number of nitrogens with zero attached hydrogens (tertiary/aromatic N) is 1. The maximum atomic E-state index is 10.2. The lowest BCUT2D eigenvalue weighted by Crippen LogP contribution is -2.48. The van der Waals surface area contributed by atoms with Gasteiger partial charge in [-0.3, -0.25) is 4.90 Å². The van der Waals surface area contributed by atoms with Crippen LogP contribution in [-0.4, -0.2) is 36.2 Å². The zero-order chi connectivity index (χ0) is 14.0. The van der Waals surface area contributed by atoms with Crippen LogP contribution in [0.2, 0.25) is 0 Å². The Morgan fingerprint density at radius 2 is 1.76 bits per heavy atom. The summed E-state index contributed by atoms with van der Waals surface area (Å²) in [5, 5.41) is 13.6. The minimum absolute atomic E-state index is 0.